The van der Waals surface area contributed by atoms with E-state index in [1.165, 1.54) is 39.5 Å². The third-order valence-corrected chi connectivity index (χ3v) is 4.64. The van der Waals surface area contributed by atoms with Gasteiger partial charge in [-0.25, -0.2) is 4.79 Å². The molecule has 0 bridgehead atoms. The molecule has 0 aliphatic carbocycles. The number of para-hydroxylation sites is 1. The molecule has 0 amide bonds. The van der Waals surface area contributed by atoms with E-state index >= 15 is 0 Å². The Morgan fingerprint density at radius 2 is 1.51 bits per heavy atom. The number of anilines is 1. The largest absolute Gasteiger partial charge is 1.00 e. The molecule has 0 aliphatic heterocycles. The average Bonchev–Trinajstić information content (AvgIpc) is 2.87. The number of nitrogens with two attached hydrogens (primary N) is 1. The minimum atomic E-state index is -4.91. The predicted molar refractivity (Wildman–Crippen MR) is 124 cm³/mol. The zero-order chi connectivity index (χ0) is 26.9. The number of aldehydes is 1. The zero-order valence-electron chi connectivity index (χ0n) is 19.8. The van der Waals surface area contributed by atoms with Crippen LogP contribution in [0.2, 0.25) is 0 Å². The summed E-state index contributed by atoms with van der Waals surface area (Å²) in [6, 6.07) is 14.0. The molecule has 198 valence electrons. The summed E-state index contributed by atoms with van der Waals surface area (Å²) in [5.41, 5.74) is 6.19. The summed E-state index contributed by atoms with van der Waals surface area (Å²) in [6.45, 7) is 0. The average molecular weight is 541 g/mol. The molecular formula is C25H22ClF3NO7-. The van der Waals surface area contributed by atoms with Gasteiger partial charge in [-0.05, 0) is 48.5 Å². The Hall–Kier alpha value is -4.25. The van der Waals surface area contributed by atoms with Crippen molar-refractivity contribution < 1.29 is 58.9 Å². The number of hydrogen-bond acceptors (Lipinski definition) is 8. The second-order valence-corrected chi connectivity index (χ2v) is 6.89. The number of ketones is 1. The highest BCUT2D eigenvalue weighted by atomic mass is 35.5. The van der Waals surface area contributed by atoms with Gasteiger partial charge < -0.3 is 37.1 Å². The maximum Gasteiger partial charge on any atom is 0.573 e. The fourth-order valence-corrected chi connectivity index (χ4v) is 2.96. The van der Waals surface area contributed by atoms with Crippen molar-refractivity contribution in [3.8, 4) is 17.2 Å². The number of hydrogen-bond donors (Lipinski definition) is 1. The van der Waals surface area contributed by atoms with Crippen molar-refractivity contribution in [1.29, 1.82) is 0 Å². The lowest BCUT2D eigenvalue weighted by atomic mass is 9.98. The molecule has 3 aromatic rings. The van der Waals surface area contributed by atoms with Gasteiger partial charge in [-0.15, -0.1) is 13.2 Å². The Labute approximate surface area is 216 Å². The first-order valence-corrected chi connectivity index (χ1v) is 10.1. The summed E-state index contributed by atoms with van der Waals surface area (Å²) >= 11 is 0. The molecule has 0 radical (unpaired) electrons. The summed E-state index contributed by atoms with van der Waals surface area (Å²) in [6.07, 6.45) is -4.53. The first-order valence-electron chi connectivity index (χ1n) is 10.1. The van der Waals surface area contributed by atoms with E-state index in [1.54, 1.807) is 24.3 Å². The number of alkyl halides is 3. The number of esters is 1. The lowest BCUT2D eigenvalue weighted by Gasteiger charge is -2.12. The van der Waals surface area contributed by atoms with E-state index in [0.29, 0.717) is 23.3 Å². The molecule has 2 N–H and O–H groups in total. The van der Waals surface area contributed by atoms with Gasteiger partial charge in [-0.1, -0.05) is 12.1 Å². The molecule has 3 aromatic carbocycles. The Morgan fingerprint density at radius 3 is 2.05 bits per heavy atom. The first-order chi connectivity index (χ1) is 17.0. The zero-order valence-corrected chi connectivity index (χ0v) is 20.6. The molecule has 0 aromatic heterocycles. The Kier molecular flexibility index (Phi) is 11.4. The lowest BCUT2D eigenvalue weighted by molar-refractivity contribution is -0.274. The highest BCUT2D eigenvalue weighted by molar-refractivity contribution is 6.13. The van der Waals surface area contributed by atoms with Gasteiger partial charge in [0.25, 0.3) is 0 Å². The molecule has 3 rings (SSSR count). The van der Waals surface area contributed by atoms with Gasteiger partial charge in [0.2, 0.25) is 0 Å². The Bertz CT molecular complexity index is 1250. The number of rotatable bonds is 7. The minimum Gasteiger partial charge on any atom is -1.00 e. The van der Waals surface area contributed by atoms with Gasteiger partial charge in [0.15, 0.2) is 23.6 Å². The van der Waals surface area contributed by atoms with E-state index in [0.717, 1.165) is 18.2 Å². The smallest absolute Gasteiger partial charge is 0.573 e. The van der Waals surface area contributed by atoms with Crippen LogP contribution >= 0.6 is 0 Å². The third kappa shape index (κ3) is 8.43. The number of benzene rings is 3. The van der Waals surface area contributed by atoms with Crippen molar-refractivity contribution in [2.75, 3.05) is 27.1 Å². The van der Waals surface area contributed by atoms with Crippen molar-refractivity contribution in [1.82, 2.24) is 0 Å². The van der Waals surface area contributed by atoms with Crippen molar-refractivity contribution >= 4 is 23.7 Å². The van der Waals surface area contributed by atoms with E-state index in [2.05, 4.69) is 9.47 Å². The van der Waals surface area contributed by atoms with Crippen LogP contribution in [0, 0.1) is 0 Å². The first kappa shape index (κ1) is 30.8. The third-order valence-electron chi connectivity index (χ3n) is 4.64. The molecule has 8 nitrogen and oxygen atoms in total. The van der Waals surface area contributed by atoms with Crippen LogP contribution in [0.15, 0.2) is 60.7 Å². The molecule has 0 saturated heterocycles. The van der Waals surface area contributed by atoms with Gasteiger partial charge in [-0.3, -0.25) is 9.59 Å². The monoisotopic (exact) mass is 540 g/mol. The van der Waals surface area contributed by atoms with Crippen LogP contribution in [0.1, 0.15) is 36.6 Å². The van der Waals surface area contributed by atoms with Gasteiger partial charge in [-0.2, -0.15) is 0 Å². The Morgan fingerprint density at radius 1 is 0.865 bits per heavy atom. The van der Waals surface area contributed by atoms with Crippen molar-refractivity contribution in [3.63, 3.8) is 0 Å². The van der Waals surface area contributed by atoms with Crippen LogP contribution in [0.5, 0.6) is 17.2 Å². The van der Waals surface area contributed by atoms with E-state index < -0.39 is 23.9 Å². The number of methoxy groups -OCH3 is 3. The van der Waals surface area contributed by atoms with Crippen LogP contribution < -0.4 is 32.4 Å². The molecule has 0 saturated carbocycles. The number of ether oxygens (including phenoxy) is 4. The fraction of sp³-hybridized carbons (Fsp3) is 0.160. The highest BCUT2D eigenvalue weighted by Gasteiger charge is 2.31. The highest BCUT2D eigenvalue weighted by Crippen LogP contribution is 2.30. The molecule has 12 heteroatoms. The van der Waals surface area contributed by atoms with Gasteiger partial charge >= 0.3 is 12.3 Å². The molecule has 0 heterocycles. The van der Waals surface area contributed by atoms with Crippen LogP contribution in [0.25, 0.3) is 0 Å². The van der Waals surface area contributed by atoms with E-state index in [4.69, 9.17) is 15.2 Å². The Balaban J connectivity index is 0.000000479. The molecule has 0 unspecified atom stereocenters. The molecule has 0 fully saturated rings. The van der Waals surface area contributed by atoms with Crippen LogP contribution in [-0.2, 0) is 4.74 Å². The van der Waals surface area contributed by atoms with E-state index in [9.17, 15) is 27.6 Å². The fourth-order valence-electron chi connectivity index (χ4n) is 2.96. The van der Waals surface area contributed by atoms with Crippen molar-refractivity contribution in [2.24, 2.45) is 0 Å². The molecule has 0 spiro atoms. The summed E-state index contributed by atoms with van der Waals surface area (Å²) in [5, 5.41) is 0. The SMILES string of the molecule is COC(=O)c1ccccc1N.COc1ccc(C(=O)c2cc(OC(F)(F)F)ccc2C=O)cc1OC.[Cl-]. The van der Waals surface area contributed by atoms with Gasteiger partial charge in [0.1, 0.15) is 5.75 Å². The van der Waals surface area contributed by atoms with Crippen LogP contribution in [0.4, 0.5) is 18.9 Å². The van der Waals surface area contributed by atoms with Crippen molar-refractivity contribution in [3.05, 3.63) is 82.9 Å². The topological polar surface area (TPSA) is 114 Å². The molecule has 0 atom stereocenters. The quantitative estimate of drug-likeness (QED) is 0.208. The number of nitrogen functional groups attached to an aromatic ring is 1. The molecular weight excluding hydrogens is 519 g/mol. The number of halogens is 4. The van der Waals surface area contributed by atoms with Gasteiger partial charge in [0.05, 0.1) is 26.9 Å². The second-order valence-electron chi connectivity index (χ2n) is 6.89. The normalized spacial score (nSPS) is 10.1. The summed E-state index contributed by atoms with van der Waals surface area (Å²) in [4.78, 5) is 34.7. The standard InChI is InChI=1S/C17H13F3O5.C8H9NO2.ClH/c1-23-14-6-4-10(7-15(14)24-2)16(22)13-8-12(25-17(18,19)20)5-3-11(13)9-21;1-11-8(10)6-4-2-3-5-7(6)9;/h3-9H,1-2H3;2-5H,9H2,1H3;1H/p-1. The second kappa shape index (κ2) is 13.7. The van der Waals surface area contributed by atoms with Crippen molar-refractivity contribution in [2.45, 2.75) is 6.36 Å². The minimum absolute atomic E-state index is 0. The lowest BCUT2D eigenvalue weighted by Crippen LogP contribution is -3.00. The maximum atomic E-state index is 12.6. The van der Waals surface area contributed by atoms with Gasteiger partial charge in [0, 0.05) is 22.4 Å². The number of carbonyl (C=O) groups is 3. The summed E-state index contributed by atoms with van der Waals surface area (Å²) < 4.78 is 55.5. The predicted octanol–water partition coefficient (Wildman–Crippen LogP) is 1.71. The maximum absolute atomic E-state index is 12.6. The van der Waals surface area contributed by atoms with Crippen LogP contribution in [0.3, 0.4) is 0 Å². The van der Waals surface area contributed by atoms with E-state index in [-0.39, 0.29) is 34.8 Å². The summed E-state index contributed by atoms with van der Waals surface area (Å²) in [5.74, 6) is -1.01. The number of carbonyl (C=O) groups excluding carboxylic acids is 3. The molecule has 0 aliphatic rings. The van der Waals surface area contributed by atoms with E-state index in [1.807, 2.05) is 0 Å². The summed E-state index contributed by atoms with van der Waals surface area (Å²) in [7, 11) is 4.12. The molecule has 37 heavy (non-hydrogen) atoms. The van der Waals surface area contributed by atoms with Crippen LogP contribution in [-0.4, -0.2) is 45.7 Å².